The Balaban J connectivity index is 2.21. The molecule has 1 heterocycles. The van der Waals surface area contributed by atoms with E-state index in [-0.39, 0.29) is 11.4 Å². The number of hydrogen-bond donors (Lipinski definition) is 4. The summed E-state index contributed by atoms with van der Waals surface area (Å²) in [5.41, 5.74) is 1.79. The first-order valence-electron chi connectivity index (χ1n) is 7.57. The van der Waals surface area contributed by atoms with Crippen LogP contribution in [0.4, 0.5) is 0 Å². The molecule has 118 valence electrons. The molecule has 0 saturated heterocycles. The van der Waals surface area contributed by atoms with Crippen LogP contribution in [0.2, 0.25) is 6.82 Å². The van der Waals surface area contributed by atoms with Crippen LogP contribution in [0.3, 0.4) is 0 Å². The summed E-state index contributed by atoms with van der Waals surface area (Å²) in [4.78, 5) is 15.7. The van der Waals surface area contributed by atoms with Crippen molar-refractivity contribution in [1.29, 1.82) is 0 Å². The molecule has 0 aliphatic heterocycles. The van der Waals surface area contributed by atoms with Crippen LogP contribution in [0.1, 0.15) is 26.3 Å². The molecular weight excluding hydrogens is 277 g/mol. The molecular formula is C16H24BN3O2. The van der Waals surface area contributed by atoms with Gasteiger partial charge in [-0.2, -0.15) is 0 Å². The molecule has 0 aliphatic carbocycles. The highest BCUT2D eigenvalue weighted by atomic mass is 16.2. The summed E-state index contributed by atoms with van der Waals surface area (Å²) < 4.78 is 0. The first-order valence-corrected chi connectivity index (χ1v) is 7.57. The predicted octanol–water partition coefficient (Wildman–Crippen LogP) is 1.69. The minimum atomic E-state index is -0.749. The van der Waals surface area contributed by atoms with Crippen molar-refractivity contribution in [2.45, 2.75) is 45.6 Å². The number of fused-ring (bicyclic) bond motifs is 1. The Morgan fingerprint density at radius 2 is 2.05 bits per heavy atom. The molecule has 4 N–H and O–H groups in total. The molecule has 0 radical (unpaired) electrons. The van der Waals surface area contributed by atoms with Crippen molar-refractivity contribution in [3.05, 3.63) is 36.0 Å². The second kappa shape index (κ2) is 6.54. The maximum absolute atomic E-state index is 12.5. The molecule has 0 spiro atoms. The number of aromatic nitrogens is 1. The summed E-state index contributed by atoms with van der Waals surface area (Å²) in [6.45, 7) is 7.44. The Bertz CT molecular complexity index is 646. The van der Waals surface area contributed by atoms with E-state index in [0.29, 0.717) is 6.42 Å². The number of H-pyrrole nitrogens is 1. The van der Waals surface area contributed by atoms with E-state index < -0.39 is 13.1 Å². The van der Waals surface area contributed by atoms with Gasteiger partial charge in [-0.3, -0.25) is 4.79 Å². The Labute approximate surface area is 131 Å². The highest BCUT2D eigenvalue weighted by Crippen LogP contribution is 2.19. The lowest BCUT2D eigenvalue weighted by Crippen LogP contribution is -2.54. The van der Waals surface area contributed by atoms with Gasteiger partial charge in [0.15, 0.2) is 0 Å². The van der Waals surface area contributed by atoms with E-state index in [2.05, 4.69) is 15.5 Å². The fourth-order valence-corrected chi connectivity index (χ4v) is 2.50. The zero-order valence-electron chi connectivity index (χ0n) is 13.6. The van der Waals surface area contributed by atoms with E-state index in [0.717, 1.165) is 16.5 Å². The SMILES string of the molecule is CB(O)NC(Cc1c[nH]c2ccccc12)C(=O)NC(C)(C)C. The standard InChI is InChI=1S/C16H24BN3O2/c1-16(2,3)19-15(21)14(20-17(4)22)9-11-10-18-13-8-6-5-7-12(11)13/h5-8,10,14,18,20,22H,9H2,1-4H3,(H,19,21). The summed E-state index contributed by atoms with van der Waals surface area (Å²) >= 11 is 0. The zero-order chi connectivity index (χ0) is 16.3. The molecule has 0 aliphatic rings. The van der Waals surface area contributed by atoms with E-state index in [1.807, 2.05) is 51.2 Å². The molecule has 1 amide bonds. The Morgan fingerprint density at radius 3 is 2.68 bits per heavy atom. The van der Waals surface area contributed by atoms with Crippen molar-refractivity contribution >= 4 is 23.9 Å². The fraction of sp³-hybridized carbons (Fsp3) is 0.438. The number of hydrogen-bond acceptors (Lipinski definition) is 3. The van der Waals surface area contributed by atoms with E-state index in [1.165, 1.54) is 0 Å². The summed E-state index contributed by atoms with van der Waals surface area (Å²) in [5.74, 6) is -0.112. The zero-order valence-corrected chi connectivity index (χ0v) is 13.6. The lowest BCUT2D eigenvalue weighted by molar-refractivity contribution is -0.124. The fourth-order valence-electron chi connectivity index (χ4n) is 2.50. The summed E-state index contributed by atoms with van der Waals surface area (Å²) in [5, 5.41) is 16.6. The number of aromatic amines is 1. The van der Waals surface area contributed by atoms with E-state index in [4.69, 9.17) is 0 Å². The molecule has 6 heteroatoms. The normalized spacial score (nSPS) is 13.1. The smallest absolute Gasteiger partial charge is 0.374 e. The van der Waals surface area contributed by atoms with Crippen LogP contribution in [0.25, 0.3) is 10.9 Å². The topological polar surface area (TPSA) is 77.2 Å². The van der Waals surface area contributed by atoms with Gasteiger partial charge in [-0.25, -0.2) is 0 Å². The van der Waals surface area contributed by atoms with Crippen LogP contribution >= 0.6 is 0 Å². The highest BCUT2D eigenvalue weighted by Gasteiger charge is 2.25. The number of amides is 1. The van der Waals surface area contributed by atoms with Gasteiger partial charge < -0.3 is 20.6 Å². The van der Waals surface area contributed by atoms with Crippen molar-refractivity contribution in [3.63, 3.8) is 0 Å². The van der Waals surface area contributed by atoms with Crippen LogP contribution in [0, 0.1) is 0 Å². The average molecular weight is 301 g/mol. The van der Waals surface area contributed by atoms with Gasteiger partial charge in [0.25, 0.3) is 0 Å². The van der Waals surface area contributed by atoms with Gasteiger partial charge in [0.1, 0.15) is 0 Å². The summed E-state index contributed by atoms with van der Waals surface area (Å²) in [6, 6.07) is 7.50. The summed E-state index contributed by atoms with van der Waals surface area (Å²) in [7, 11) is -0.749. The third-order valence-corrected chi connectivity index (χ3v) is 3.36. The van der Waals surface area contributed by atoms with E-state index >= 15 is 0 Å². The van der Waals surface area contributed by atoms with Crippen LogP contribution in [-0.4, -0.2) is 34.5 Å². The third kappa shape index (κ3) is 4.35. The lowest BCUT2D eigenvalue weighted by atomic mass is 9.85. The van der Waals surface area contributed by atoms with Crippen LogP contribution < -0.4 is 10.5 Å². The first kappa shape index (κ1) is 16.6. The lowest BCUT2D eigenvalue weighted by Gasteiger charge is -2.26. The molecule has 0 fully saturated rings. The summed E-state index contributed by atoms with van der Waals surface area (Å²) in [6.07, 6.45) is 2.43. The van der Waals surface area contributed by atoms with E-state index in [9.17, 15) is 9.82 Å². The molecule has 1 aromatic heterocycles. The molecule has 2 aromatic rings. The van der Waals surface area contributed by atoms with Gasteiger partial charge in [0.05, 0.1) is 6.04 Å². The van der Waals surface area contributed by atoms with Gasteiger partial charge >= 0.3 is 7.05 Å². The molecule has 5 nitrogen and oxygen atoms in total. The molecule has 0 bridgehead atoms. The number of carbonyl (C=O) groups excluding carboxylic acids is 1. The van der Waals surface area contributed by atoms with Gasteiger partial charge in [0.2, 0.25) is 5.91 Å². The molecule has 1 unspecified atom stereocenters. The Kier molecular flexibility index (Phi) is 4.93. The average Bonchev–Trinajstić information content (AvgIpc) is 2.79. The minimum absolute atomic E-state index is 0.112. The predicted molar refractivity (Wildman–Crippen MR) is 90.7 cm³/mol. The maximum Gasteiger partial charge on any atom is 0.374 e. The Morgan fingerprint density at radius 1 is 1.36 bits per heavy atom. The number of benzene rings is 1. The van der Waals surface area contributed by atoms with E-state index in [1.54, 1.807) is 6.82 Å². The van der Waals surface area contributed by atoms with Crippen molar-refractivity contribution in [2.24, 2.45) is 0 Å². The molecule has 0 saturated carbocycles. The van der Waals surface area contributed by atoms with Crippen molar-refractivity contribution in [1.82, 2.24) is 15.5 Å². The number of rotatable bonds is 5. The van der Waals surface area contributed by atoms with Gasteiger partial charge in [-0.1, -0.05) is 18.2 Å². The maximum atomic E-state index is 12.5. The Hall–Kier alpha value is -1.79. The second-order valence-corrected chi connectivity index (χ2v) is 6.70. The van der Waals surface area contributed by atoms with Crippen LogP contribution in [0.5, 0.6) is 0 Å². The molecule has 1 aromatic carbocycles. The van der Waals surface area contributed by atoms with Crippen molar-refractivity contribution in [3.8, 4) is 0 Å². The highest BCUT2D eigenvalue weighted by molar-refractivity contribution is 6.46. The van der Waals surface area contributed by atoms with Gasteiger partial charge in [0, 0.05) is 22.6 Å². The molecule has 1 atom stereocenters. The van der Waals surface area contributed by atoms with Crippen molar-refractivity contribution in [2.75, 3.05) is 0 Å². The number of carbonyl (C=O) groups is 1. The quantitative estimate of drug-likeness (QED) is 0.635. The first-order chi connectivity index (χ1) is 10.3. The van der Waals surface area contributed by atoms with Crippen LogP contribution in [0.15, 0.2) is 30.5 Å². The number of para-hydroxylation sites is 1. The van der Waals surface area contributed by atoms with Gasteiger partial charge in [-0.15, -0.1) is 0 Å². The van der Waals surface area contributed by atoms with Crippen molar-refractivity contribution < 1.29 is 9.82 Å². The van der Waals surface area contributed by atoms with Gasteiger partial charge in [-0.05, 0) is 45.6 Å². The van der Waals surface area contributed by atoms with Crippen LogP contribution in [-0.2, 0) is 11.2 Å². The number of nitrogens with one attached hydrogen (secondary N) is 3. The molecule has 2 rings (SSSR count). The largest absolute Gasteiger partial charge is 0.437 e. The minimum Gasteiger partial charge on any atom is -0.437 e. The monoisotopic (exact) mass is 301 g/mol. The second-order valence-electron chi connectivity index (χ2n) is 6.70. The third-order valence-electron chi connectivity index (χ3n) is 3.36. The molecule has 22 heavy (non-hydrogen) atoms.